The fraction of sp³-hybridized carbons (Fsp3) is 0.800. The molecule has 1 amide bonds. The molecular formula is C15H29N3O3. The van der Waals surface area contributed by atoms with E-state index in [0.717, 1.165) is 19.5 Å². The molecule has 122 valence electrons. The third kappa shape index (κ3) is 12.2. The molecule has 6 heteroatoms. The summed E-state index contributed by atoms with van der Waals surface area (Å²) in [5.74, 6) is 0.157. The van der Waals surface area contributed by atoms with Crippen LogP contribution in [0, 0.1) is 0 Å². The summed E-state index contributed by atoms with van der Waals surface area (Å²) in [5, 5.41) is 9.04. The van der Waals surface area contributed by atoms with Crippen LogP contribution in [0.2, 0.25) is 0 Å². The Balaban J connectivity index is 3.42. The molecule has 1 atom stereocenters. The average molecular weight is 299 g/mol. The molecule has 21 heavy (non-hydrogen) atoms. The van der Waals surface area contributed by atoms with Gasteiger partial charge < -0.3 is 20.7 Å². The first-order chi connectivity index (χ1) is 9.97. The number of nitrogens with one attached hydrogen (secondary N) is 3. The summed E-state index contributed by atoms with van der Waals surface area (Å²) in [6, 6.07) is -0.0858. The summed E-state index contributed by atoms with van der Waals surface area (Å²) in [6.45, 7) is 8.14. The fourth-order valence-electron chi connectivity index (χ4n) is 1.79. The molecular weight excluding hydrogens is 270 g/mol. The zero-order valence-corrected chi connectivity index (χ0v) is 13.5. The van der Waals surface area contributed by atoms with Crippen LogP contribution in [-0.2, 0) is 14.4 Å². The van der Waals surface area contributed by atoms with Crippen molar-refractivity contribution in [1.82, 2.24) is 16.0 Å². The van der Waals surface area contributed by atoms with E-state index >= 15 is 0 Å². The first-order valence-corrected chi connectivity index (χ1v) is 7.70. The van der Waals surface area contributed by atoms with E-state index in [-0.39, 0.29) is 29.9 Å². The van der Waals surface area contributed by atoms with E-state index in [2.05, 4.69) is 16.0 Å². The Kier molecular flexibility index (Phi) is 11.7. The van der Waals surface area contributed by atoms with Gasteiger partial charge in [-0.25, -0.2) is 0 Å². The third-order valence-electron chi connectivity index (χ3n) is 3.10. The predicted octanol–water partition coefficient (Wildman–Crippen LogP) is 0.409. The molecule has 0 aromatic heterocycles. The van der Waals surface area contributed by atoms with Gasteiger partial charge in [-0.15, -0.1) is 0 Å². The van der Waals surface area contributed by atoms with Gasteiger partial charge in [-0.3, -0.25) is 9.59 Å². The molecule has 0 aliphatic carbocycles. The Morgan fingerprint density at radius 2 is 1.71 bits per heavy atom. The van der Waals surface area contributed by atoms with Crippen LogP contribution in [0.25, 0.3) is 0 Å². The second-order valence-electron chi connectivity index (χ2n) is 5.15. The van der Waals surface area contributed by atoms with Crippen molar-refractivity contribution in [2.24, 2.45) is 0 Å². The largest absolute Gasteiger partial charge is 0.356 e. The predicted molar refractivity (Wildman–Crippen MR) is 83.2 cm³/mol. The van der Waals surface area contributed by atoms with Crippen molar-refractivity contribution >= 4 is 17.5 Å². The number of rotatable bonds is 13. The van der Waals surface area contributed by atoms with E-state index in [1.165, 1.54) is 6.92 Å². The summed E-state index contributed by atoms with van der Waals surface area (Å²) in [6.07, 6.45) is 1.89. The lowest BCUT2D eigenvalue weighted by atomic mass is 10.1. The second kappa shape index (κ2) is 12.5. The summed E-state index contributed by atoms with van der Waals surface area (Å²) in [5.41, 5.74) is 0. The number of carbonyl (C=O) groups excluding carboxylic acids is 3. The molecule has 1 unspecified atom stereocenters. The van der Waals surface area contributed by atoms with Crippen LogP contribution in [0.5, 0.6) is 0 Å². The van der Waals surface area contributed by atoms with Crippen LogP contribution in [-0.4, -0.2) is 49.7 Å². The standard InChI is InChI=1S/C15H29N3O3/c1-4-17-13(3)14(20)8-11-16-9-5-10-18-15(21)7-6-12(2)19/h13,16-17H,4-11H2,1-3H3,(H,18,21). The molecule has 0 saturated carbocycles. The molecule has 0 radical (unpaired) electrons. The highest BCUT2D eigenvalue weighted by molar-refractivity contribution is 5.84. The lowest BCUT2D eigenvalue weighted by Gasteiger charge is -2.11. The Morgan fingerprint density at radius 1 is 1.00 bits per heavy atom. The van der Waals surface area contributed by atoms with Crippen molar-refractivity contribution in [2.45, 2.75) is 52.5 Å². The molecule has 0 aromatic carbocycles. The Morgan fingerprint density at radius 3 is 2.33 bits per heavy atom. The lowest BCUT2D eigenvalue weighted by Crippen LogP contribution is -2.35. The number of hydrogen-bond donors (Lipinski definition) is 3. The van der Waals surface area contributed by atoms with Gasteiger partial charge in [-0.1, -0.05) is 6.92 Å². The minimum Gasteiger partial charge on any atom is -0.356 e. The number of Topliss-reactive ketones (excluding diaryl/α,β-unsaturated/α-hetero) is 2. The lowest BCUT2D eigenvalue weighted by molar-refractivity contribution is -0.124. The van der Waals surface area contributed by atoms with Crippen LogP contribution >= 0.6 is 0 Å². The van der Waals surface area contributed by atoms with Gasteiger partial charge in [-0.05, 0) is 33.4 Å². The Labute approximate surface area is 127 Å². The molecule has 6 nitrogen and oxygen atoms in total. The first kappa shape index (κ1) is 19.7. The van der Waals surface area contributed by atoms with Crippen LogP contribution in [0.15, 0.2) is 0 Å². The van der Waals surface area contributed by atoms with E-state index in [0.29, 0.717) is 25.9 Å². The summed E-state index contributed by atoms with van der Waals surface area (Å²) < 4.78 is 0. The smallest absolute Gasteiger partial charge is 0.220 e. The molecule has 0 heterocycles. The van der Waals surface area contributed by atoms with Gasteiger partial charge in [0.1, 0.15) is 5.78 Å². The molecule has 0 fully saturated rings. The quantitative estimate of drug-likeness (QED) is 0.429. The minimum atomic E-state index is -0.0858. The van der Waals surface area contributed by atoms with E-state index in [1.54, 1.807) is 0 Å². The zero-order valence-electron chi connectivity index (χ0n) is 13.5. The molecule has 0 aliphatic heterocycles. The van der Waals surface area contributed by atoms with Crippen molar-refractivity contribution in [3.63, 3.8) is 0 Å². The van der Waals surface area contributed by atoms with Crippen molar-refractivity contribution in [3.05, 3.63) is 0 Å². The monoisotopic (exact) mass is 299 g/mol. The van der Waals surface area contributed by atoms with Crippen LogP contribution in [0.3, 0.4) is 0 Å². The zero-order chi connectivity index (χ0) is 16.1. The maximum absolute atomic E-state index is 11.7. The van der Waals surface area contributed by atoms with E-state index < -0.39 is 0 Å². The Bertz CT molecular complexity index is 332. The van der Waals surface area contributed by atoms with Crippen molar-refractivity contribution in [1.29, 1.82) is 0 Å². The van der Waals surface area contributed by atoms with Gasteiger partial charge in [-0.2, -0.15) is 0 Å². The minimum absolute atomic E-state index is 0.0308. The molecule has 0 bridgehead atoms. The number of carbonyl (C=O) groups is 3. The van der Waals surface area contributed by atoms with Crippen LogP contribution in [0.4, 0.5) is 0 Å². The SMILES string of the molecule is CCNC(C)C(=O)CCNCCCNC(=O)CCC(C)=O. The number of ketones is 2. The summed E-state index contributed by atoms with van der Waals surface area (Å²) in [7, 11) is 0. The third-order valence-corrected chi connectivity index (χ3v) is 3.10. The van der Waals surface area contributed by atoms with Gasteiger partial charge in [0.05, 0.1) is 6.04 Å². The maximum atomic E-state index is 11.7. The molecule has 0 rings (SSSR count). The van der Waals surface area contributed by atoms with Gasteiger partial charge in [0.2, 0.25) is 5.91 Å². The van der Waals surface area contributed by atoms with Gasteiger partial charge >= 0.3 is 0 Å². The van der Waals surface area contributed by atoms with Gasteiger partial charge in [0.15, 0.2) is 5.78 Å². The average Bonchev–Trinajstić information content (AvgIpc) is 2.44. The second-order valence-corrected chi connectivity index (χ2v) is 5.15. The molecule has 0 aromatic rings. The fourth-order valence-corrected chi connectivity index (χ4v) is 1.79. The summed E-state index contributed by atoms with van der Waals surface area (Å²) >= 11 is 0. The molecule has 0 aliphatic rings. The van der Waals surface area contributed by atoms with Gasteiger partial charge in [0.25, 0.3) is 0 Å². The molecule has 0 saturated heterocycles. The van der Waals surface area contributed by atoms with E-state index in [9.17, 15) is 14.4 Å². The topological polar surface area (TPSA) is 87.3 Å². The van der Waals surface area contributed by atoms with E-state index in [1.807, 2.05) is 13.8 Å². The van der Waals surface area contributed by atoms with Crippen LogP contribution < -0.4 is 16.0 Å². The highest BCUT2D eigenvalue weighted by Crippen LogP contribution is 1.91. The number of hydrogen-bond acceptors (Lipinski definition) is 5. The summed E-state index contributed by atoms with van der Waals surface area (Å²) in [4.78, 5) is 33.7. The highest BCUT2D eigenvalue weighted by atomic mass is 16.2. The number of likely N-dealkylation sites (N-methyl/N-ethyl adjacent to an activating group) is 1. The van der Waals surface area contributed by atoms with Gasteiger partial charge in [0, 0.05) is 32.4 Å². The van der Waals surface area contributed by atoms with Crippen molar-refractivity contribution in [3.8, 4) is 0 Å². The highest BCUT2D eigenvalue weighted by Gasteiger charge is 2.10. The normalized spacial score (nSPS) is 12.0. The first-order valence-electron chi connectivity index (χ1n) is 7.70. The number of amides is 1. The molecule has 3 N–H and O–H groups in total. The van der Waals surface area contributed by atoms with Crippen LogP contribution in [0.1, 0.15) is 46.5 Å². The van der Waals surface area contributed by atoms with Crippen molar-refractivity contribution < 1.29 is 14.4 Å². The molecule has 0 spiro atoms. The Hall–Kier alpha value is -1.27. The van der Waals surface area contributed by atoms with E-state index in [4.69, 9.17) is 0 Å². The maximum Gasteiger partial charge on any atom is 0.220 e. The van der Waals surface area contributed by atoms with Crippen molar-refractivity contribution in [2.75, 3.05) is 26.2 Å².